The Bertz CT molecular complexity index is 748. The second-order valence-corrected chi connectivity index (χ2v) is 8.72. The van der Waals surface area contributed by atoms with E-state index in [1.807, 2.05) is 9.80 Å². The molecule has 1 N–H and O–H groups in total. The van der Waals surface area contributed by atoms with E-state index in [0.717, 1.165) is 32.4 Å². The Kier molecular flexibility index (Phi) is 3.41. The van der Waals surface area contributed by atoms with Crippen molar-refractivity contribution >= 4 is 23.5 Å². The molecule has 4 heterocycles. The summed E-state index contributed by atoms with van der Waals surface area (Å²) in [5, 5.41) is 3.61. The highest BCUT2D eigenvalue weighted by Crippen LogP contribution is 2.50. The fourth-order valence-electron chi connectivity index (χ4n) is 4.78. The van der Waals surface area contributed by atoms with Gasteiger partial charge in [0.25, 0.3) is 0 Å². The topological polar surface area (TPSA) is 74.8 Å². The van der Waals surface area contributed by atoms with Gasteiger partial charge in [0, 0.05) is 50.3 Å². The molecule has 26 heavy (non-hydrogen) atoms. The fourth-order valence-corrected chi connectivity index (χ4v) is 4.89. The number of halogens is 1. The van der Waals surface area contributed by atoms with Crippen molar-refractivity contribution in [3.63, 3.8) is 0 Å². The van der Waals surface area contributed by atoms with Gasteiger partial charge in [0.2, 0.25) is 11.8 Å². The van der Waals surface area contributed by atoms with Crippen molar-refractivity contribution in [2.45, 2.75) is 37.3 Å². The van der Waals surface area contributed by atoms with Crippen LogP contribution in [0.2, 0.25) is 5.02 Å². The van der Waals surface area contributed by atoms with Crippen LogP contribution >= 0.6 is 11.6 Å². The van der Waals surface area contributed by atoms with E-state index in [1.54, 1.807) is 18.3 Å². The van der Waals surface area contributed by atoms with Gasteiger partial charge in [-0.3, -0.25) is 4.79 Å². The summed E-state index contributed by atoms with van der Waals surface area (Å²) in [6.45, 7) is 2.90. The number of hydrogen-bond donors (Lipinski definition) is 1. The summed E-state index contributed by atoms with van der Waals surface area (Å²) in [5.41, 5.74) is 0.0766. The first-order valence-corrected chi connectivity index (χ1v) is 9.45. The summed E-state index contributed by atoms with van der Waals surface area (Å²) in [6, 6.07) is 3.66. The third kappa shape index (κ3) is 2.60. The third-order valence-corrected chi connectivity index (χ3v) is 6.35. The number of amides is 3. The fraction of sp³-hybridized carbons (Fsp3) is 0.611. The summed E-state index contributed by atoms with van der Waals surface area (Å²) in [4.78, 5) is 31.9. The number of likely N-dealkylation sites (tertiary alicyclic amines) is 2. The maximum absolute atomic E-state index is 12.5. The number of pyridine rings is 1. The molecular weight excluding hydrogens is 356 g/mol. The summed E-state index contributed by atoms with van der Waals surface area (Å²) in [5.74, 6) is 0.710. The summed E-state index contributed by atoms with van der Waals surface area (Å²) in [7, 11) is 0. The molecule has 0 aromatic carbocycles. The van der Waals surface area contributed by atoms with Crippen molar-refractivity contribution in [3.8, 4) is 5.88 Å². The van der Waals surface area contributed by atoms with Gasteiger partial charge in [-0.1, -0.05) is 11.6 Å². The highest BCUT2D eigenvalue weighted by molar-refractivity contribution is 6.30. The summed E-state index contributed by atoms with van der Waals surface area (Å²) in [6.07, 6.45) is 5.10. The smallest absolute Gasteiger partial charge is 0.320 e. The molecule has 5 rings (SSSR count). The number of carbonyl (C=O) groups is 2. The minimum absolute atomic E-state index is 0.103. The van der Waals surface area contributed by atoms with Gasteiger partial charge >= 0.3 is 6.03 Å². The van der Waals surface area contributed by atoms with E-state index >= 15 is 0 Å². The van der Waals surface area contributed by atoms with Crippen LogP contribution in [-0.2, 0) is 4.79 Å². The molecule has 0 radical (unpaired) electrons. The molecular formula is C18H21ClN4O3. The van der Waals surface area contributed by atoms with E-state index in [1.165, 1.54) is 0 Å². The van der Waals surface area contributed by atoms with Crippen molar-refractivity contribution < 1.29 is 14.3 Å². The second kappa shape index (κ2) is 5.49. The van der Waals surface area contributed by atoms with Crippen molar-refractivity contribution in [1.82, 2.24) is 20.1 Å². The van der Waals surface area contributed by atoms with E-state index in [2.05, 4.69) is 10.3 Å². The molecule has 3 aliphatic heterocycles. The Morgan fingerprint density at radius 3 is 2.58 bits per heavy atom. The van der Waals surface area contributed by atoms with Gasteiger partial charge in [0.1, 0.15) is 6.10 Å². The molecule has 1 aromatic heterocycles. The SMILES string of the molecule is O=C1CCC2(CN(C(=O)N3CC4(CC(Oc5ccc(Cl)cn5)C4)C3)C2)N1. The van der Waals surface area contributed by atoms with Crippen LogP contribution < -0.4 is 10.1 Å². The van der Waals surface area contributed by atoms with Gasteiger partial charge < -0.3 is 19.9 Å². The molecule has 4 aliphatic rings. The number of carbonyl (C=O) groups excluding carboxylic acids is 2. The van der Waals surface area contributed by atoms with E-state index in [4.69, 9.17) is 16.3 Å². The molecule has 0 bridgehead atoms. The third-order valence-electron chi connectivity index (χ3n) is 6.12. The average molecular weight is 377 g/mol. The first kappa shape index (κ1) is 16.2. The van der Waals surface area contributed by atoms with E-state index in [-0.39, 0.29) is 29.0 Å². The summed E-state index contributed by atoms with van der Waals surface area (Å²) < 4.78 is 5.86. The zero-order chi connectivity index (χ0) is 17.9. The Balaban J connectivity index is 1.07. The monoisotopic (exact) mass is 376 g/mol. The summed E-state index contributed by atoms with van der Waals surface area (Å²) >= 11 is 5.83. The second-order valence-electron chi connectivity index (χ2n) is 8.29. The first-order chi connectivity index (χ1) is 12.4. The first-order valence-electron chi connectivity index (χ1n) is 9.08. The van der Waals surface area contributed by atoms with Crippen LogP contribution in [0.1, 0.15) is 25.7 Å². The lowest BCUT2D eigenvalue weighted by atomic mass is 9.62. The molecule has 8 heteroatoms. The van der Waals surface area contributed by atoms with Gasteiger partial charge in [-0.2, -0.15) is 0 Å². The molecule has 138 valence electrons. The highest BCUT2D eigenvalue weighted by Gasteiger charge is 2.57. The number of ether oxygens (including phenoxy) is 1. The Hall–Kier alpha value is -2.02. The number of hydrogen-bond acceptors (Lipinski definition) is 4. The molecule has 7 nitrogen and oxygen atoms in total. The van der Waals surface area contributed by atoms with Gasteiger partial charge in [-0.15, -0.1) is 0 Å². The van der Waals surface area contributed by atoms with Crippen LogP contribution in [0.3, 0.4) is 0 Å². The Labute approximate surface area is 156 Å². The quantitative estimate of drug-likeness (QED) is 0.851. The van der Waals surface area contributed by atoms with E-state index in [9.17, 15) is 9.59 Å². The highest BCUT2D eigenvalue weighted by atomic mass is 35.5. The normalized spacial score (nSPS) is 25.5. The van der Waals surface area contributed by atoms with Crippen LogP contribution in [-0.4, -0.2) is 64.5 Å². The molecule has 3 saturated heterocycles. The average Bonchev–Trinajstić information content (AvgIpc) is 2.90. The minimum Gasteiger partial charge on any atom is -0.474 e. The van der Waals surface area contributed by atoms with Crippen LogP contribution in [0.25, 0.3) is 0 Å². The van der Waals surface area contributed by atoms with Crippen molar-refractivity contribution in [2.24, 2.45) is 5.41 Å². The van der Waals surface area contributed by atoms with Crippen LogP contribution in [0.15, 0.2) is 18.3 Å². The van der Waals surface area contributed by atoms with Gasteiger partial charge in [0.15, 0.2) is 0 Å². The molecule has 1 aromatic rings. The lowest BCUT2D eigenvalue weighted by Gasteiger charge is -2.60. The van der Waals surface area contributed by atoms with E-state index in [0.29, 0.717) is 30.4 Å². The molecule has 0 atom stereocenters. The number of rotatable bonds is 2. The van der Waals surface area contributed by atoms with Crippen molar-refractivity contribution in [1.29, 1.82) is 0 Å². The van der Waals surface area contributed by atoms with Gasteiger partial charge in [-0.25, -0.2) is 9.78 Å². The van der Waals surface area contributed by atoms with E-state index < -0.39 is 0 Å². The van der Waals surface area contributed by atoms with Crippen LogP contribution in [0, 0.1) is 5.41 Å². The van der Waals surface area contributed by atoms with Crippen molar-refractivity contribution in [3.05, 3.63) is 23.4 Å². The number of nitrogens with zero attached hydrogens (tertiary/aromatic N) is 3. The maximum atomic E-state index is 12.5. The molecule has 2 spiro atoms. The molecule has 3 amide bonds. The maximum Gasteiger partial charge on any atom is 0.320 e. The number of aromatic nitrogens is 1. The molecule has 4 fully saturated rings. The number of urea groups is 1. The minimum atomic E-state index is -0.143. The number of nitrogens with one attached hydrogen (secondary N) is 1. The predicted octanol–water partition coefficient (Wildman–Crippen LogP) is 1.66. The predicted molar refractivity (Wildman–Crippen MR) is 94.0 cm³/mol. The van der Waals surface area contributed by atoms with Gasteiger partial charge in [0.05, 0.1) is 10.6 Å². The Morgan fingerprint density at radius 2 is 1.96 bits per heavy atom. The standard InChI is InChI=1S/C18H21ClN4O3/c19-12-1-2-15(20-7-12)26-13-5-17(6-13)8-22(9-17)16(25)23-10-18(11-23)4-3-14(24)21-18/h1-2,7,13H,3-6,8-11H2,(H,21,24). The van der Waals surface area contributed by atoms with Crippen LogP contribution in [0.4, 0.5) is 4.79 Å². The lowest BCUT2D eigenvalue weighted by molar-refractivity contribution is -0.121. The molecule has 1 saturated carbocycles. The molecule has 0 unspecified atom stereocenters. The lowest BCUT2D eigenvalue weighted by Crippen LogP contribution is -2.74. The zero-order valence-corrected chi connectivity index (χ0v) is 15.2. The molecule has 1 aliphatic carbocycles. The zero-order valence-electron chi connectivity index (χ0n) is 14.4. The van der Waals surface area contributed by atoms with Gasteiger partial charge in [-0.05, 0) is 25.3 Å². The largest absolute Gasteiger partial charge is 0.474 e. The Morgan fingerprint density at radius 1 is 1.23 bits per heavy atom. The van der Waals surface area contributed by atoms with Crippen LogP contribution in [0.5, 0.6) is 5.88 Å². The van der Waals surface area contributed by atoms with Crippen molar-refractivity contribution in [2.75, 3.05) is 26.2 Å².